The Morgan fingerprint density at radius 1 is 0.960 bits per heavy atom. The van der Waals surface area contributed by atoms with Gasteiger partial charge in [0.1, 0.15) is 0 Å². The lowest BCUT2D eigenvalue weighted by Gasteiger charge is -2.29. The van der Waals surface area contributed by atoms with Crippen LogP contribution in [0.5, 0.6) is 0 Å². The Balaban J connectivity index is 0.00000225. The van der Waals surface area contributed by atoms with E-state index in [0.29, 0.717) is 12.1 Å². The second-order valence-electron chi connectivity index (χ2n) is 6.95. The zero-order valence-corrected chi connectivity index (χ0v) is 15.4. The van der Waals surface area contributed by atoms with Gasteiger partial charge in [-0.15, -0.1) is 12.4 Å². The van der Waals surface area contributed by atoms with Crippen molar-refractivity contribution < 1.29 is 4.79 Å². The number of amides is 1. The van der Waals surface area contributed by atoms with Crippen LogP contribution in [-0.4, -0.2) is 12.5 Å². The predicted molar refractivity (Wildman–Crippen MR) is 105 cm³/mol. The molecule has 3 rings (SSSR count). The van der Waals surface area contributed by atoms with Crippen molar-refractivity contribution in [2.45, 2.75) is 38.6 Å². The molecule has 3 N–H and O–H groups in total. The van der Waals surface area contributed by atoms with Crippen molar-refractivity contribution in [3.8, 4) is 0 Å². The van der Waals surface area contributed by atoms with Gasteiger partial charge in [-0.2, -0.15) is 0 Å². The molecule has 2 aromatic rings. The minimum Gasteiger partial charge on any atom is -0.351 e. The first-order valence-corrected chi connectivity index (χ1v) is 8.82. The minimum absolute atomic E-state index is 0. The molecule has 0 bridgehead atoms. The number of halogens is 1. The van der Waals surface area contributed by atoms with Crippen LogP contribution in [-0.2, 0) is 13.0 Å². The topological polar surface area (TPSA) is 55.1 Å². The van der Waals surface area contributed by atoms with Gasteiger partial charge in [0.2, 0.25) is 0 Å². The first kappa shape index (κ1) is 19.5. The largest absolute Gasteiger partial charge is 0.351 e. The van der Waals surface area contributed by atoms with E-state index in [0.717, 1.165) is 18.5 Å². The quantitative estimate of drug-likeness (QED) is 0.816. The van der Waals surface area contributed by atoms with E-state index in [4.69, 9.17) is 5.73 Å². The summed E-state index contributed by atoms with van der Waals surface area (Å²) in [6, 6.07) is 18.2. The van der Waals surface area contributed by atoms with Crippen LogP contribution in [0.4, 0.5) is 0 Å². The number of benzene rings is 2. The van der Waals surface area contributed by atoms with E-state index in [1.54, 1.807) is 0 Å². The van der Waals surface area contributed by atoms with Gasteiger partial charge in [-0.05, 0) is 47.9 Å². The fourth-order valence-corrected chi connectivity index (χ4v) is 3.73. The molecule has 0 radical (unpaired) electrons. The highest BCUT2D eigenvalue weighted by Gasteiger charge is 2.34. The smallest absolute Gasteiger partial charge is 0.251 e. The van der Waals surface area contributed by atoms with E-state index < -0.39 is 0 Å². The molecule has 0 spiro atoms. The third-order valence-corrected chi connectivity index (χ3v) is 5.16. The third-order valence-electron chi connectivity index (χ3n) is 5.16. The van der Waals surface area contributed by atoms with Crippen LogP contribution in [0, 0.1) is 5.41 Å². The Morgan fingerprint density at radius 3 is 2.20 bits per heavy atom. The first-order chi connectivity index (χ1) is 11.7. The highest BCUT2D eigenvalue weighted by Crippen LogP contribution is 2.40. The Hall–Kier alpha value is -1.84. The monoisotopic (exact) mass is 358 g/mol. The molecule has 1 fully saturated rings. The van der Waals surface area contributed by atoms with E-state index in [9.17, 15) is 4.79 Å². The second-order valence-corrected chi connectivity index (χ2v) is 6.95. The highest BCUT2D eigenvalue weighted by molar-refractivity contribution is 5.94. The molecule has 0 aromatic heterocycles. The van der Waals surface area contributed by atoms with E-state index in [-0.39, 0.29) is 23.7 Å². The molecule has 1 saturated carbocycles. The molecule has 3 nitrogen and oxygen atoms in total. The zero-order chi connectivity index (χ0) is 16.8. The zero-order valence-electron chi connectivity index (χ0n) is 14.5. The molecule has 0 heterocycles. The normalized spacial score (nSPS) is 15.4. The summed E-state index contributed by atoms with van der Waals surface area (Å²) in [6.07, 6.45) is 5.94. The number of carbonyl (C=O) groups excluding carboxylic acids is 1. The maximum atomic E-state index is 12.5. The average molecular weight is 359 g/mol. The van der Waals surface area contributed by atoms with Crippen molar-refractivity contribution >= 4 is 18.3 Å². The van der Waals surface area contributed by atoms with Gasteiger partial charge < -0.3 is 11.1 Å². The lowest BCUT2D eigenvalue weighted by atomic mass is 9.80. The van der Waals surface area contributed by atoms with Gasteiger partial charge in [0.05, 0.1) is 0 Å². The van der Waals surface area contributed by atoms with Crippen LogP contribution in [0.2, 0.25) is 0 Å². The van der Waals surface area contributed by atoms with Crippen molar-refractivity contribution in [3.05, 3.63) is 71.3 Å². The lowest BCUT2D eigenvalue weighted by molar-refractivity contribution is 0.0930. The number of rotatable bonds is 6. The van der Waals surface area contributed by atoms with Crippen molar-refractivity contribution in [1.82, 2.24) is 5.32 Å². The van der Waals surface area contributed by atoms with Gasteiger partial charge in [0.15, 0.2) is 0 Å². The van der Waals surface area contributed by atoms with E-state index in [2.05, 4.69) is 35.6 Å². The van der Waals surface area contributed by atoms with Crippen LogP contribution < -0.4 is 11.1 Å². The summed E-state index contributed by atoms with van der Waals surface area (Å²) in [6.45, 7) is 1.25. The average Bonchev–Trinajstić information content (AvgIpc) is 3.09. The van der Waals surface area contributed by atoms with Crippen LogP contribution >= 0.6 is 12.4 Å². The molecule has 0 atom stereocenters. The van der Waals surface area contributed by atoms with Crippen LogP contribution in [0.25, 0.3) is 0 Å². The molecule has 25 heavy (non-hydrogen) atoms. The van der Waals surface area contributed by atoms with E-state index >= 15 is 0 Å². The Bertz CT molecular complexity index is 664. The van der Waals surface area contributed by atoms with Gasteiger partial charge in [-0.25, -0.2) is 0 Å². The maximum Gasteiger partial charge on any atom is 0.251 e. The van der Waals surface area contributed by atoms with E-state index in [1.165, 1.54) is 31.2 Å². The molecule has 0 saturated heterocycles. The first-order valence-electron chi connectivity index (χ1n) is 8.82. The third kappa shape index (κ3) is 5.07. The molecule has 1 amide bonds. The van der Waals surface area contributed by atoms with Crippen molar-refractivity contribution in [1.29, 1.82) is 0 Å². The minimum atomic E-state index is 0. The van der Waals surface area contributed by atoms with Crippen molar-refractivity contribution in [2.24, 2.45) is 11.1 Å². The summed E-state index contributed by atoms with van der Waals surface area (Å²) in [7, 11) is 0. The molecular weight excluding hydrogens is 332 g/mol. The number of hydrogen-bond acceptors (Lipinski definition) is 2. The standard InChI is InChI=1S/C21H26N2O.ClH/c22-15-18-8-10-19(11-9-18)20(24)23-16-21(12-4-5-13-21)14-17-6-2-1-3-7-17;/h1-3,6-11H,4-5,12-16,22H2,(H,23,24);1H. The molecule has 0 aliphatic heterocycles. The number of carbonyl (C=O) groups is 1. The van der Waals surface area contributed by atoms with Gasteiger partial charge in [0.25, 0.3) is 5.91 Å². The molecule has 134 valence electrons. The van der Waals surface area contributed by atoms with Gasteiger partial charge in [0, 0.05) is 18.7 Å². The van der Waals surface area contributed by atoms with Gasteiger partial charge in [-0.1, -0.05) is 55.3 Å². The lowest BCUT2D eigenvalue weighted by Crippen LogP contribution is -2.37. The van der Waals surface area contributed by atoms with Crippen LogP contribution in [0.3, 0.4) is 0 Å². The Morgan fingerprint density at radius 2 is 1.60 bits per heavy atom. The summed E-state index contributed by atoms with van der Waals surface area (Å²) in [5.74, 6) is 0.0120. The Kier molecular flexibility index (Phi) is 7.03. The van der Waals surface area contributed by atoms with E-state index in [1.807, 2.05) is 24.3 Å². The summed E-state index contributed by atoms with van der Waals surface area (Å²) in [5.41, 5.74) is 8.92. The van der Waals surface area contributed by atoms with Crippen molar-refractivity contribution in [3.63, 3.8) is 0 Å². The summed E-state index contributed by atoms with van der Waals surface area (Å²) in [5, 5.41) is 3.17. The molecule has 2 aromatic carbocycles. The molecule has 4 heteroatoms. The summed E-state index contributed by atoms with van der Waals surface area (Å²) < 4.78 is 0. The van der Waals surface area contributed by atoms with Crippen molar-refractivity contribution in [2.75, 3.05) is 6.54 Å². The van der Waals surface area contributed by atoms with Gasteiger partial charge >= 0.3 is 0 Å². The molecule has 1 aliphatic rings. The maximum absolute atomic E-state index is 12.5. The predicted octanol–water partition coefficient (Wildman–Crippen LogP) is 4.10. The fourth-order valence-electron chi connectivity index (χ4n) is 3.73. The SMILES string of the molecule is Cl.NCc1ccc(C(=O)NCC2(Cc3ccccc3)CCCC2)cc1. The molecule has 0 unspecified atom stereocenters. The van der Waals surface area contributed by atoms with Gasteiger partial charge in [-0.3, -0.25) is 4.79 Å². The second kappa shape index (κ2) is 9.02. The highest BCUT2D eigenvalue weighted by atomic mass is 35.5. The number of hydrogen-bond donors (Lipinski definition) is 2. The summed E-state index contributed by atoms with van der Waals surface area (Å²) in [4.78, 5) is 12.5. The molecular formula is C21H27ClN2O. The Labute approximate surface area is 156 Å². The fraction of sp³-hybridized carbons (Fsp3) is 0.381. The van der Waals surface area contributed by atoms with Crippen LogP contribution in [0.15, 0.2) is 54.6 Å². The number of nitrogens with two attached hydrogens (primary N) is 1. The van der Waals surface area contributed by atoms with Crippen LogP contribution in [0.1, 0.15) is 47.2 Å². The summed E-state index contributed by atoms with van der Waals surface area (Å²) >= 11 is 0. The number of nitrogens with one attached hydrogen (secondary N) is 1. The molecule has 1 aliphatic carbocycles.